The Bertz CT molecular complexity index is 419. The molecule has 0 N–H and O–H groups in total. The molecule has 2 fully saturated rings. The molecule has 3 nitrogen and oxygen atoms in total. The van der Waals surface area contributed by atoms with Crippen molar-refractivity contribution in [1.82, 2.24) is 0 Å². The van der Waals surface area contributed by atoms with E-state index in [9.17, 15) is 9.59 Å². The lowest BCUT2D eigenvalue weighted by Gasteiger charge is -2.21. The van der Waals surface area contributed by atoms with Crippen molar-refractivity contribution in [3.05, 3.63) is 11.6 Å². The number of esters is 1. The summed E-state index contributed by atoms with van der Waals surface area (Å²) in [5, 5.41) is 0. The minimum atomic E-state index is -0.0898. The number of allylic oxidation sites excluding steroid dienone is 1. The van der Waals surface area contributed by atoms with E-state index in [0.29, 0.717) is 18.6 Å². The third kappa shape index (κ3) is 6.12. The van der Waals surface area contributed by atoms with Crippen molar-refractivity contribution in [1.29, 1.82) is 0 Å². The highest BCUT2D eigenvalue weighted by Gasteiger charge is 2.27. The molecule has 2 rings (SSSR count). The number of hydrogen-bond acceptors (Lipinski definition) is 3. The smallest absolute Gasteiger partial charge is 0.306 e. The van der Waals surface area contributed by atoms with Crippen LogP contribution in [0.4, 0.5) is 0 Å². The third-order valence-electron chi connectivity index (χ3n) is 5.23. The lowest BCUT2D eigenvalue weighted by Crippen LogP contribution is -2.19. The number of Topliss-reactive ketones (excluding diaryl/α,β-unsaturated/α-hetero) is 1. The molecule has 0 spiro atoms. The molecule has 1 saturated carbocycles. The maximum Gasteiger partial charge on any atom is 0.306 e. The zero-order valence-electron chi connectivity index (χ0n) is 14.6. The fourth-order valence-corrected chi connectivity index (χ4v) is 3.76. The Hall–Kier alpha value is -1.12. The molecule has 3 heteroatoms. The van der Waals surface area contributed by atoms with E-state index in [4.69, 9.17) is 4.74 Å². The zero-order chi connectivity index (χ0) is 16.5. The van der Waals surface area contributed by atoms with Crippen molar-refractivity contribution in [2.24, 2.45) is 5.92 Å². The van der Waals surface area contributed by atoms with Crippen LogP contribution in [0.3, 0.4) is 0 Å². The van der Waals surface area contributed by atoms with Crippen LogP contribution in [0.2, 0.25) is 0 Å². The Kier molecular flexibility index (Phi) is 7.84. The SMILES string of the molecule is CCCCC/C=C(\CCC(=O)C1CCCCC1)C1CCC(=O)O1. The quantitative estimate of drug-likeness (QED) is 0.336. The van der Waals surface area contributed by atoms with Gasteiger partial charge in [0.1, 0.15) is 11.9 Å². The number of rotatable bonds is 9. The van der Waals surface area contributed by atoms with Crippen LogP contribution in [0.25, 0.3) is 0 Å². The van der Waals surface area contributed by atoms with Gasteiger partial charge < -0.3 is 4.74 Å². The lowest BCUT2D eigenvalue weighted by atomic mass is 9.84. The fourth-order valence-electron chi connectivity index (χ4n) is 3.76. The first-order valence-corrected chi connectivity index (χ1v) is 9.61. The molecule has 1 atom stereocenters. The van der Waals surface area contributed by atoms with Gasteiger partial charge in [0, 0.05) is 18.8 Å². The first-order valence-electron chi connectivity index (χ1n) is 9.61. The minimum absolute atomic E-state index is 0.0664. The highest BCUT2D eigenvalue weighted by molar-refractivity contribution is 5.81. The van der Waals surface area contributed by atoms with Crippen LogP contribution in [-0.2, 0) is 14.3 Å². The van der Waals surface area contributed by atoms with E-state index >= 15 is 0 Å². The van der Waals surface area contributed by atoms with E-state index in [1.165, 1.54) is 44.1 Å². The molecule has 1 saturated heterocycles. The van der Waals surface area contributed by atoms with Crippen LogP contribution in [0, 0.1) is 5.92 Å². The van der Waals surface area contributed by atoms with E-state index in [1.807, 2.05) is 0 Å². The molecule has 0 aromatic heterocycles. The van der Waals surface area contributed by atoms with Gasteiger partial charge >= 0.3 is 5.97 Å². The largest absolute Gasteiger partial charge is 0.458 e. The van der Waals surface area contributed by atoms with E-state index in [1.54, 1.807) is 0 Å². The van der Waals surface area contributed by atoms with Crippen LogP contribution in [0.5, 0.6) is 0 Å². The van der Waals surface area contributed by atoms with E-state index < -0.39 is 0 Å². The molecular weight excluding hydrogens is 288 g/mol. The average molecular weight is 320 g/mol. The highest BCUT2D eigenvalue weighted by atomic mass is 16.5. The number of ketones is 1. The van der Waals surface area contributed by atoms with Gasteiger partial charge in [0.25, 0.3) is 0 Å². The van der Waals surface area contributed by atoms with Crippen LogP contribution >= 0.6 is 0 Å². The zero-order valence-corrected chi connectivity index (χ0v) is 14.6. The second kappa shape index (κ2) is 9.89. The van der Waals surface area contributed by atoms with Gasteiger partial charge in [-0.1, -0.05) is 45.1 Å². The van der Waals surface area contributed by atoms with Crippen LogP contribution in [0.15, 0.2) is 11.6 Å². The summed E-state index contributed by atoms with van der Waals surface area (Å²) >= 11 is 0. The highest BCUT2D eigenvalue weighted by Crippen LogP contribution is 2.29. The summed E-state index contributed by atoms with van der Waals surface area (Å²) in [6, 6.07) is 0. The molecule has 1 heterocycles. The summed E-state index contributed by atoms with van der Waals surface area (Å²) in [6.45, 7) is 2.20. The normalized spacial score (nSPS) is 23.1. The number of carbonyl (C=O) groups excluding carboxylic acids is 2. The molecule has 1 aliphatic carbocycles. The number of cyclic esters (lactones) is 1. The monoisotopic (exact) mass is 320 g/mol. The summed E-state index contributed by atoms with van der Waals surface area (Å²) in [6.07, 6.45) is 15.4. The number of ether oxygens (including phenoxy) is 1. The molecule has 130 valence electrons. The fraction of sp³-hybridized carbons (Fsp3) is 0.800. The molecule has 1 aliphatic heterocycles. The van der Waals surface area contributed by atoms with Gasteiger partial charge in [-0.15, -0.1) is 0 Å². The van der Waals surface area contributed by atoms with Crippen LogP contribution < -0.4 is 0 Å². The van der Waals surface area contributed by atoms with Gasteiger partial charge in [-0.2, -0.15) is 0 Å². The Balaban J connectivity index is 1.85. The van der Waals surface area contributed by atoms with E-state index in [0.717, 1.165) is 32.1 Å². The topological polar surface area (TPSA) is 43.4 Å². The van der Waals surface area contributed by atoms with Crippen molar-refractivity contribution >= 4 is 11.8 Å². The summed E-state index contributed by atoms with van der Waals surface area (Å²) in [4.78, 5) is 23.8. The summed E-state index contributed by atoms with van der Waals surface area (Å²) in [5.41, 5.74) is 1.19. The van der Waals surface area contributed by atoms with Gasteiger partial charge in [-0.3, -0.25) is 9.59 Å². The van der Waals surface area contributed by atoms with Crippen molar-refractivity contribution in [2.45, 2.75) is 96.5 Å². The first-order chi connectivity index (χ1) is 11.2. The minimum Gasteiger partial charge on any atom is -0.458 e. The lowest BCUT2D eigenvalue weighted by molar-refractivity contribution is -0.140. The molecule has 0 aromatic rings. The molecule has 0 radical (unpaired) electrons. The molecular formula is C20H32O3. The van der Waals surface area contributed by atoms with Gasteiger partial charge in [0.2, 0.25) is 0 Å². The third-order valence-corrected chi connectivity index (χ3v) is 5.23. The molecule has 0 amide bonds. The van der Waals surface area contributed by atoms with Crippen molar-refractivity contribution in [2.75, 3.05) is 0 Å². The maximum absolute atomic E-state index is 12.4. The van der Waals surface area contributed by atoms with Crippen molar-refractivity contribution in [3.8, 4) is 0 Å². The second-order valence-electron chi connectivity index (χ2n) is 7.09. The number of hydrogen-bond donors (Lipinski definition) is 0. The first kappa shape index (κ1) is 18.2. The summed E-state index contributed by atoms with van der Waals surface area (Å²) < 4.78 is 5.44. The number of unbranched alkanes of at least 4 members (excludes halogenated alkanes) is 3. The number of carbonyl (C=O) groups is 2. The molecule has 1 unspecified atom stereocenters. The van der Waals surface area contributed by atoms with Crippen molar-refractivity contribution < 1.29 is 14.3 Å². The standard InChI is InChI=1S/C20H32O3/c1-2-3-4-6-11-17(19-14-15-20(22)23-19)12-13-18(21)16-9-7-5-8-10-16/h11,16,19H,2-10,12-15H2,1H3/b17-11+. The molecule has 0 aromatic carbocycles. The predicted octanol–water partition coefficient (Wildman–Crippen LogP) is 5.13. The molecule has 0 bridgehead atoms. The van der Waals surface area contributed by atoms with E-state index in [2.05, 4.69) is 13.0 Å². The van der Waals surface area contributed by atoms with Gasteiger partial charge in [0.05, 0.1) is 0 Å². The Morgan fingerprint density at radius 1 is 1.13 bits per heavy atom. The predicted molar refractivity (Wildman–Crippen MR) is 92.2 cm³/mol. The van der Waals surface area contributed by atoms with Crippen molar-refractivity contribution in [3.63, 3.8) is 0 Å². The van der Waals surface area contributed by atoms with Gasteiger partial charge in [-0.05, 0) is 44.1 Å². The van der Waals surface area contributed by atoms with Gasteiger partial charge in [0.15, 0.2) is 0 Å². The summed E-state index contributed by atoms with van der Waals surface area (Å²) in [7, 11) is 0. The Morgan fingerprint density at radius 2 is 1.91 bits per heavy atom. The van der Waals surface area contributed by atoms with Crippen LogP contribution in [-0.4, -0.2) is 17.9 Å². The Labute approximate surface area is 140 Å². The second-order valence-corrected chi connectivity index (χ2v) is 7.09. The van der Waals surface area contributed by atoms with E-state index in [-0.39, 0.29) is 18.0 Å². The maximum atomic E-state index is 12.4. The molecule has 23 heavy (non-hydrogen) atoms. The average Bonchev–Trinajstić information content (AvgIpc) is 3.01. The Morgan fingerprint density at radius 3 is 2.57 bits per heavy atom. The van der Waals surface area contributed by atoms with Gasteiger partial charge in [-0.25, -0.2) is 0 Å². The summed E-state index contributed by atoms with van der Waals surface area (Å²) in [5.74, 6) is 0.623. The van der Waals surface area contributed by atoms with Crippen LogP contribution in [0.1, 0.15) is 90.4 Å². The molecule has 2 aliphatic rings.